The maximum absolute atomic E-state index is 12.5. The molecule has 0 amide bonds. The number of aryl methyl sites for hydroxylation is 1. The van der Waals surface area contributed by atoms with E-state index in [1.165, 1.54) is 4.31 Å². The van der Waals surface area contributed by atoms with Gasteiger partial charge in [0.15, 0.2) is 5.03 Å². The van der Waals surface area contributed by atoms with Gasteiger partial charge >= 0.3 is 0 Å². The molecule has 2 N–H and O–H groups in total. The average molecular weight is 315 g/mol. The number of nitrogens with zero attached hydrogens (tertiary/aromatic N) is 4. The van der Waals surface area contributed by atoms with Gasteiger partial charge in [0.1, 0.15) is 0 Å². The molecule has 0 saturated carbocycles. The molecule has 1 aromatic heterocycles. The minimum atomic E-state index is -3.47. The number of sulfonamides is 1. The molecule has 0 aromatic carbocycles. The van der Waals surface area contributed by atoms with Crippen LogP contribution in [0.25, 0.3) is 0 Å². The quantitative estimate of drug-likeness (QED) is 0.795. The molecule has 0 aliphatic carbocycles. The van der Waals surface area contributed by atoms with Crippen molar-refractivity contribution in [2.24, 2.45) is 5.73 Å². The first kappa shape index (κ1) is 16.4. The van der Waals surface area contributed by atoms with E-state index in [0.29, 0.717) is 32.2 Å². The van der Waals surface area contributed by atoms with Gasteiger partial charge in [0.25, 0.3) is 10.0 Å². The lowest BCUT2D eigenvalue weighted by molar-refractivity contribution is 0.137. The van der Waals surface area contributed by atoms with Crippen LogP contribution in [-0.4, -0.2) is 65.9 Å². The molecule has 120 valence electrons. The molecule has 1 atom stereocenters. The molecule has 8 heteroatoms. The lowest BCUT2D eigenvalue weighted by Gasteiger charge is -2.37. The van der Waals surface area contributed by atoms with Gasteiger partial charge in [0.2, 0.25) is 0 Å². The van der Waals surface area contributed by atoms with Crippen LogP contribution in [0, 0.1) is 0 Å². The van der Waals surface area contributed by atoms with E-state index in [1.54, 1.807) is 17.1 Å². The van der Waals surface area contributed by atoms with Crippen molar-refractivity contribution >= 4 is 10.0 Å². The van der Waals surface area contributed by atoms with E-state index in [-0.39, 0.29) is 5.03 Å². The van der Waals surface area contributed by atoms with Crippen LogP contribution in [0.3, 0.4) is 0 Å². The van der Waals surface area contributed by atoms with E-state index in [0.717, 1.165) is 19.5 Å². The van der Waals surface area contributed by atoms with Gasteiger partial charge in [0, 0.05) is 51.5 Å². The van der Waals surface area contributed by atoms with E-state index in [1.807, 2.05) is 6.92 Å². The fourth-order valence-corrected chi connectivity index (χ4v) is 4.02. The Morgan fingerprint density at radius 2 is 1.95 bits per heavy atom. The predicted octanol–water partition coefficient (Wildman–Crippen LogP) is -0.0534. The van der Waals surface area contributed by atoms with Crippen molar-refractivity contribution in [1.29, 1.82) is 0 Å². The summed E-state index contributed by atoms with van der Waals surface area (Å²) >= 11 is 0. The number of imidazole rings is 1. The molecular weight excluding hydrogens is 290 g/mol. The summed E-state index contributed by atoms with van der Waals surface area (Å²) in [6.45, 7) is 7.84. The summed E-state index contributed by atoms with van der Waals surface area (Å²) in [6, 6.07) is 0.342. The molecule has 1 aliphatic rings. The highest BCUT2D eigenvalue weighted by molar-refractivity contribution is 7.89. The first-order chi connectivity index (χ1) is 10.0. The Hall–Kier alpha value is -0.960. The summed E-state index contributed by atoms with van der Waals surface area (Å²) < 4.78 is 28.4. The average Bonchev–Trinajstić information content (AvgIpc) is 2.99. The summed E-state index contributed by atoms with van der Waals surface area (Å²) in [5, 5.41) is 0.142. The predicted molar refractivity (Wildman–Crippen MR) is 81.4 cm³/mol. The van der Waals surface area contributed by atoms with Gasteiger partial charge in [-0.15, -0.1) is 0 Å². The normalized spacial score (nSPS) is 19.8. The lowest BCUT2D eigenvalue weighted by atomic mass is 10.1. The third kappa shape index (κ3) is 3.45. The van der Waals surface area contributed by atoms with E-state index in [9.17, 15) is 8.42 Å². The Morgan fingerprint density at radius 1 is 1.29 bits per heavy atom. The van der Waals surface area contributed by atoms with Gasteiger partial charge in [0.05, 0.1) is 6.33 Å². The van der Waals surface area contributed by atoms with Gasteiger partial charge in [-0.05, 0) is 13.3 Å². The van der Waals surface area contributed by atoms with E-state index in [4.69, 9.17) is 5.73 Å². The molecule has 2 heterocycles. The van der Waals surface area contributed by atoms with Crippen molar-refractivity contribution in [3.8, 4) is 0 Å². The Morgan fingerprint density at radius 3 is 2.43 bits per heavy atom. The highest BCUT2D eigenvalue weighted by Gasteiger charge is 2.31. The van der Waals surface area contributed by atoms with Crippen LogP contribution >= 0.6 is 0 Å². The SMILES string of the molecule is CCC(CN)N1CCN(S(=O)(=O)c2cn(CC)cn2)CC1. The maximum Gasteiger partial charge on any atom is 0.262 e. The van der Waals surface area contributed by atoms with Crippen LogP contribution < -0.4 is 5.73 Å². The first-order valence-corrected chi connectivity index (χ1v) is 8.93. The second-order valence-corrected chi connectivity index (χ2v) is 7.16. The van der Waals surface area contributed by atoms with Crippen LogP contribution in [0.4, 0.5) is 0 Å². The fourth-order valence-electron chi connectivity index (χ4n) is 2.66. The fraction of sp³-hybridized carbons (Fsp3) is 0.769. The smallest absolute Gasteiger partial charge is 0.262 e. The molecule has 0 radical (unpaired) electrons. The Bertz CT molecular complexity index is 545. The van der Waals surface area contributed by atoms with Gasteiger partial charge in [-0.3, -0.25) is 4.90 Å². The summed E-state index contributed by atoms with van der Waals surface area (Å²) in [5.74, 6) is 0. The largest absolute Gasteiger partial charge is 0.336 e. The summed E-state index contributed by atoms with van der Waals surface area (Å²) in [7, 11) is -3.47. The monoisotopic (exact) mass is 315 g/mol. The van der Waals surface area contributed by atoms with E-state index < -0.39 is 10.0 Å². The minimum absolute atomic E-state index is 0.142. The second kappa shape index (κ2) is 6.87. The lowest BCUT2D eigenvalue weighted by Crippen LogP contribution is -2.53. The zero-order valence-corrected chi connectivity index (χ0v) is 13.6. The number of piperazine rings is 1. The highest BCUT2D eigenvalue weighted by Crippen LogP contribution is 2.17. The molecule has 0 bridgehead atoms. The maximum atomic E-state index is 12.5. The molecule has 1 fully saturated rings. The van der Waals surface area contributed by atoms with Crippen LogP contribution in [0.15, 0.2) is 17.6 Å². The van der Waals surface area contributed by atoms with Gasteiger partial charge in [-0.25, -0.2) is 13.4 Å². The second-order valence-electron chi connectivity index (χ2n) is 5.28. The van der Waals surface area contributed by atoms with Crippen molar-refractivity contribution in [1.82, 2.24) is 18.8 Å². The van der Waals surface area contributed by atoms with Gasteiger partial charge < -0.3 is 10.3 Å². The molecular formula is C13H25N5O2S. The molecule has 1 aromatic rings. The minimum Gasteiger partial charge on any atom is -0.336 e. The van der Waals surface area contributed by atoms with Crippen molar-refractivity contribution in [3.63, 3.8) is 0 Å². The third-order valence-electron chi connectivity index (χ3n) is 4.11. The van der Waals surface area contributed by atoms with Crippen molar-refractivity contribution in [2.45, 2.75) is 37.9 Å². The van der Waals surface area contributed by atoms with E-state index >= 15 is 0 Å². The Balaban J connectivity index is 2.04. The number of aromatic nitrogens is 2. The number of hydrogen-bond acceptors (Lipinski definition) is 5. The summed E-state index contributed by atoms with van der Waals surface area (Å²) in [6.07, 6.45) is 4.14. The van der Waals surface area contributed by atoms with Crippen LogP contribution in [0.1, 0.15) is 20.3 Å². The highest BCUT2D eigenvalue weighted by atomic mass is 32.2. The first-order valence-electron chi connectivity index (χ1n) is 7.49. The Kier molecular flexibility index (Phi) is 5.37. The molecule has 2 rings (SSSR count). The Labute approximate surface area is 126 Å². The van der Waals surface area contributed by atoms with Gasteiger partial charge in [-0.2, -0.15) is 4.31 Å². The topological polar surface area (TPSA) is 84.5 Å². The molecule has 1 saturated heterocycles. The third-order valence-corrected chi connectivity index (χ3v) is 5.90. The van der Waals surface area contributed by atoms with E-state index in [2.05, 4.69) is 16.8 Å². The molecule has 7 nitrogen and oxygen atoms in total. The molecule has 0 spiro atoms. The molecule has 1 aliphatic heterocycles. The van der Waals surface area contributed by atoms with Crippen molar-refractivity contribution < 1.29 is 8.42 Å². The van der Waals surface area contributed by atoms with Crippen LogP contribution in [-0.2, 0) is 16.6 Å². The van der Waals surface area contributed by atoms with Crippen LogP contribution in [0.5, 0.6) is 0 Å². The summed E-state index contributed by atoms with van der Waals surface area (Å²) in [5.41, 5.74) is 5.76. The number of hydrogen-bond donors (Lipinski definition) is 1. The molecule has 1 unspecified atom stereocenters. The number of rotatable bonds is 6. The zero-order chi connectivity index (χ0) is 15.5. The molecule has 21 heavy (non-hydrogen) atoms. The standard InChI is InChI=1S/C13H25N5O2S/c1-3-12(9-14)17-5-7-18(8-6-17)21(19,20)13-10-16(4-2)11-15-13/h10-12H,3-9,14H2,1-2H3. The zero-order valence-electron chi connectivity index (χ0n) is 12.8. The van der Waals surface area contributed by atoms with Crippen molar-refractivity contribution in [3.05, 3.63) is 12.5 Å². The van der Waals surface area contributed by atoms with Crippen molar-refractivity contribution in [2.75, 3.05) is 32.7 Å². The van der Waals surface area contributed by atoms with Crippen LogP contribution in [0.2, 0.25) is 0 Å². The number of nitrogens with two attached hydrogens (primary N) is 1. The summed E-state index contributed by atoms with van der Waals surface area (Å²) in [4.78, 5) is 6.29. The van der Waals surface area contributed by atoms with Gasteiger partial charge in [-0.1, -0.05) is 6.92 Å².